The molecule has 0 N–H and O–H groups in total. The third-order valence-electron chi connectivity index (χ3n) is 7.30. The van der Waals surface area contributed by atoms with Crippen LogP contribution in [0.5, 0.6) is 0 Å². The summed E-state index contributed by atoms with van der Waals surface area (Å²) in [6, 6.07) is 0. The smallest absolute Gasteiger partial charge is 0.254 e. The molecule has 0 radical (unpaired) electrons. The van der Waals surface area contributed by atoms with Gasteiger partial charge in [-0.3, -0.25) is 9.36 Å². The maximum absolute atomic E-state index is 12.4. The van der Waals surface area contributed by atoms with Crippen LogP contribution in [0.4, 0.5) is 11.8 Å². The molecule has 0 atom stereocenters. The van der Waals surface area contributed by atoms with Gasteiger partial charge in [0.1, 0.15) is 0 Å². The van der Waals surface area contributed by atoms with Gasteiger partial charge in [-0.15, -0.1) is 0 Å². The van der Waals surface area contributed by atoms with E-state index in [2.05, 4.69) is 32.6 Å². The SMILES string of the molecule is CCn1c(N2CCN(C)C(=O)C2)nc2c(N3CCOCC3)nc(-n3cc(C4CCC4)cn3)nc21. The summed E-state index contributed by atoms with van der Waals surface area (Å²) in [4.78, 5) is 33.4. The summed E-state index contributed by atoms with van der Waals surface area (Å²) >= 11 is 0. The Morgan fingerprint density at radius 3 is 2.59 bits per heavy atom. The minimum atomic E-state index is 0.0983. The van der Waals surface area contributed by atoms with Crippen molar-refractivity contribution >= 4 is 28.8 Å². The highest BCUT2D eigenvalue weighted by Gasteiger charge is 2.29. The van der Waals surface area contributed by atoms with E-state index in [1.807, 2.05) is 13.2 Å². The number of rotatable bonds is 5. The number of carbonyl (C=O) groups is 1. The fourth-order valence-electron chi connectivity index (χ4n) is 4.92. The van der Waals surface area contributed by atoms with Crippen LogP contribution in [0.15, 0.2) is 12.4 Å². The van der Waals surface area contributed by atoms with Gasteiger partial charge in [0.15, 0.2) is 17.0 Å². The van der Waals surface area contributed by atoms with Gasteiger partial charge in [-0.1, -0.05) is 6.42 Å². The molecule has 1 aliphatic carbocycles. The molecule has 3 aromatic heterocycles. The van der Waals surface area contributed by atoms with Crippen LogP contribution in [0, 0.1) is 0 Å². The van der Waals surface area contributed by atoms with E-state index in [0.29, 0.717) is 44.7 Å². The predicted molar refractivity (Wildman–Crippen MR) is 128 cm³/mol. The van der Waals surface area contributed by atoms with E-state index < -0.39 is 0 Å². The molecule has 3 fully saturated rings. The second kappa shape index (κ2) is 8.53. The van der Waals surface area contributed by atoms with E-state index in [-0.39, 0.29) is 5.91 Å². The molecule has 1 amide bonds. The number of carbonyl (C=O) groups excluding carboxylic acids is 1. The second-order valence-corrected chi connectivity index (χ2v) is 9.36. The van der Waals surface area contributed by atoms with Crippen molar-refractivity contribution in [3.05, 3.63) is 18.0 Å². The van der Waals surface area contributed by atoms with Gasteiger partial charge in [-0.2, -0.15) is 15.1 Å². The standard InChI is InChI=1S/C23H31N9O2/c1-3-31-21-19(25-23(31)30-8-7-28(2)18(33)15-30)20(29-9-11-34-12-10-29)26-22(27-21)32-14-17(13-24-32)16-5-4-6-16/h13-14,16H,3-12,15H2,1-2H3. The van der Waals surface area contributed by atoms with Crippen molar-refractivity contribution in [2.75, 3.05) is 62.8 Å². The second-order valence-electron chi connectivity index (χ2n) is 9.36. The van der Waals surface area contributed by atoms with E-state index in [1.165, 1.54) is 24.8 Å². The van der Waals surface area contributed by atoms with E-state index in [1.54, 1.807) is 9.58 Å². The lowest BCUT2D eigenvalue weighted by Gasteiger charge is -2.32. The van der Waals surface area contributed by atoms with E-state index in [9.17, 15) is 4.79 Å². The Labute approximate surface area is 198 Å². The third-order valence-corrected chi connectivity index (χ3v) is 7.30. The highest BCUT2D eigenvalue weighted by atomic mass is 16.5. The van der Waals surface area contributed by atoms with Gasteiger partial charge in [0.05, 0.1) is 26.0 Å². The number of fused-ring (bicyclic) bond motifs is 1. The zero-order chi connectivity index (χ0) is 23.2. The summed E-state index contributed by atoms with van der Waals surface area (Å²) in [5.74, 6) is 2.82. The topological polar surface area (TPSA) is 97.4 Å². The van der Waals surface area contributed by atoms with Crippen molar-refractivity contribution in [2.24, 2.45) is 0 Å². The molecule has 1 saturated carbocycles. The van der Waals surface area contributed by atoms with Gasteiger partial charge in [-0.05, 0) is 31.2 Å². The Bertz CT molecular complexity index is 1210. The van der Waals surface area contributed by atoms with Gasteiger partial charge in [-0.25, -0.2) is 9.67 Å². The van der Waals surface area contributed by atoms with Gasteiger partial charge >= 0.3 is 0 Å². The highest BCUT2D eigenvalue weighted by Crippen LogP contribution is 2.36. The largest absolute Gasteiger partial charge is 0.378 e. The molecule has 0 spiro atoms. The van der Waals surface area contributed by atoms with Crippen LogP contribution < -0.4 is 9.80 Å². The molecule has 0 unspecified atom stereocenters. The fraction of sp³-hybridized carbons (Fsp3) is 0.609. The summed E-state index contributed by atoms with van der Waals surface area (Å²) in [7, 11) is 1.85. The maximum Gasteiger partial charge on any atom is 0.254 e. The number of piperazine rings is 1. The molecule has 11 heteroatoms. The van der Waals surface area contributed by atoms with Crippen LogP contribution in [0.25, 0.3) is 17.1 Å². The van der Waals surface area contributed by atoms with Crippen molar-refractivity contribution in [3.8, 4) is 5.95 Å². The average molecular weight is 466 g/mol. The molecule has 2 aliphatic heterocycles. The number of imidazole rings is 1. The molecule has 180 valence electrons. The van der Waals surface area contributed by atoms with Crippen LogP contribution >= 0.6 is 0 Å². The molecular formula is C23H31N9O2. The van der Waals surface area contributed by atoms with E-state index in [4.69, 9.17) is 19.7 Å². The zero-order valence-corrected chi connectivity index (χ0v) is 19.9. The quantitative estimate of drug-likeness (QED) is 0.558. The number of likely N-dealkylation sites (N-methyl/N-ethyl adjacent to an activating group) is 1. The number of aryl methyl sites for hydroxylation is 1. The third kappa shape index (κ3) is 3.58. The molecule has 2 saturated heterocycles. The van der Waals surface area contributed by atoms with Crippen LogP contribution in [0.2, 0.25) is 0 Å². The first-order valence-electron chi connectivity index (χ1n) is 12.3. The first-order chi connectivity index (χ1) is 16.6. The number of hydrogen-bond acceptors (Lipinski definition) is 8. The number of anilines is 2. The minimum absolute atomic E-state index is 0.0983. The molecule has 0 bridgehead atoms. The monoisotopic (exact) mass is 465 g/mol. The summed E-state index contributed by atoms with van der Waals surface area (Å²) in [5, 5.41) is 4.61. The lowest BCUT2D eigenvalue weighted by molar-refractivity contribution is -0.129. The lowest BCUT2D eigenvalue weighted by atomic mass is 9.81. The summed E-state index contributed by atoms with van der Waals surface area (Å²) in [5.41, 5.74) is 2.79. The number of nitrogens with zero attached hydrogens (tertiary/aromatic N) is 9. The minimum Gasteiger partial charge on any atom is -0.378 e. The molecule has 11 nitrogen and oxygen atoms in total. The molecule has 5 heterocycles. The van der Waals surface area contributed by atoms with Crippen LogP contribution in [-0.2, 0) is 16.1 Å². The van der Waals surface area contributed by atoms with E-state index >= 15 is 0 Å². The Hall–Kier alpha value is -3.21. The Balaban J connectivity index is 1.47. The molecule has 34 heavy (non-hydrogen) atoms. The summed E-state index contributed by atoms with van der Waals surface area (Å²) in [6.45, 7) is 7.32. The predicted octanol–water partition coefficient (Wildman–Crippen LogP) is 1.41. The first kappa shape index (κ1) is 21.3. The molecule has 0 aromatic carbocycles. The molecule has 6 rings (SSSR count). The van der Waals surface area contributed by atoms with Crippen LogP contribution in [-0.4, -0.2) is 93.1 Å². The number of hydrogen-bond donors (Lipinski definition) is 0. The first-order valence-corrected chi connectivity index (χ1v) is 12.3. The van der Waals surface area contributed by atoms with Crippen molar-refractivity contribution in [1.82, 2.24) is 34.2 Å². The van der Waals surface area contributed by atoms with Gasteiger partial charge in [0, 0.05) is 46.0 Å². The van der Waals surface area contributed by atoms with Gasteiger partial charge < -0.3 is 19.4 Å². The van der Waals surface area contributed by atoms with Gasteiger partial charge in [0.2, 0.25) is 11.9 Å². The van der Waals surface area contributed by atoms with Crippen LogP contribution in [0.1, 0.15) is 37.7 Å². The van der Waals surface area contributed by atoms with Crippen LogP contribution in [0.3, 0.4) is 0 Å². The van der Waals surface area contributed by atoms with Crippen molar-refractivity contribution in [3.63, 3.8) is 0 Å². The number of morpholine rings is 1. The normalized spacial score (nSPS) is 19.8. The number of aromatic nitrogens is 6. The van der Waals surface area contributed by atoms with Gasteiger partial charge in [0.25, 0.3) is 5.95 Å². The van der Waals surface area contributed by atoms with Crippen molar-refractivity contribution in [2.45, 2.75) is 38.6 Å². The lowest BCUT2D eigenvalue weighted by Crippen LogP contribution is -2.49. The Kier molecular flexibility index (Phi) is 5.35. The molecular weight excluding hydrogens is 434 g/mol. The highest BCUT2D eigenvalue weighted by molar-refractivity contribution is 5.88. The van der Waals surface area contributed by atoms with Crippen molar-refractivity contribution < 1.29 is 9.53 Å². The molecule has 3 aliphatic rings. The van der Waals surface area contributed by atoms with Crippen molar-refractivity contribution in [1.29, 1.82) is 0 Å². The summed E-state index contributed by atoms with van der Waals surface area (Å²) < 4.78 is 9.48. The Morgan fingerprint density at radius 1 is 1.06 bits per heavy atom. The molecule has 3 aromatic rings. The maximum atomic E-state index is 12.4. The Morgan fingerprint density at radius 2 is 1.88 bits per heavy atom. The number of ether oxygens (including phenoxy) is 1. The van der Waals surface area contributed by atoms with E-state index in [0.717, 1.165) is 42.6 Å². The zero-order valence-electron chi connectivity index (χ0n) is 19.9. The fourth-order valence-corrected chi connectivity index (χ4v) is 4.92. The average Bonchev–Trinajstić information content (AvgIpc) is 3.44. The number of amides is 1. The summed E-state index contributed by atoms with van der Waals surface area (Å²) in [6.07, 6.45) is 7.75.